The molecule has 3 aromatic rings. The van der Waals surface area contributed by atoms with Crippen molar-refractivity contribution < 1.29 is 41.1 Å². The Morgan fingerprint density at radius 1 is 1.18 bits per heavy atom. The van der Waals surface area contributed by atoms with Crippen LogP contribution in [-0.4, -0.2) is 73.1 Å². The molecule has 3 heterocycles. The van der Waals surface area contributed by atoms with Crippen LogP contribution in [0.3, 0.4) is 0 Å². The molecular formula is C26H28F3N4O6S-. The number of fused-ring (bicyclic) bond motifs is 1. The quantitative estimate of drug-likeness (QED) is 0.416. The second-order valence-corrected chi connectivity index (χ2v) is 11.3. The van der Waals surface area contributed by atoms with Crippen LogP contribution in [0.4, 0.5) is 13.2 Å². The number of alkyl halides is 3. The van der Waals surface area contributed by atoms with Crippen LogP contribution < -0.4 is 4.74 Å². The number of carboxylic acids is 1. The molecule has 0 saturated carbocycles. The molecule has 10 nitrogen and oxygen atoms in total. The average molecular weight is 582 g/mol. The highest BCUT2D eigenvalue weighted by Gasteiger charge is 2.45. The number of benzene rings is 2. The van der Waals surface area contributed by atoms with Gasteiger partial charge in [0.2, 0.25) is 10.0 Å². The molecule has 0 bridgehead atoms. The molecule has 14 heteroatoms. The number of hydrogen-bond donors (Lipinski definition) is 2. The summed E-state index contributed by atoms with van der Waals surface area (Å²) in [5.74, 6) is -1.69. The number of sulfonamides is 1. The smallest absolute Gasteiger partial charge is 0.573 e. The van der Waals surface area contributed by atoms with E-state index in [2.05, 4.69) is 44.6 Å². The summed E-state index contributed by atoms with van der Waals surface area (Å²) in [7, 11) is -2.06. The van der Waals surface area contributed by atoms with E-state index in [0.717, 1.165) is 37.2 Å². The first-order valence-electron chi connectivity index (χ1n) is 12.4. The van der Waals surface area contributed by atoms with Crippen LogP contribution in [0.1, 0.15) is 24.8 Å². The van der Waals surface area contributed by atoms with Gasteiger partial charge in [-0.2, -0.15) is 11.4 Å². The molecule has 0 amide bonds. The van der Waals surface area contributed by atoms with E-state index < -0.39 is 33.7 Å². The largest absolute Gasteiger partial charge is 0.665 e. The van der Waals surface area contributed by atoms with Crippen molar-refractivity contribution >= 4 is 32.6 Å². The first kappa shape index (κ1) is 29.4. The number of H-pyrrole nitrogens is 1. The van der Waals surface area contributed by atoms with Crippen LogP contribution in [0.25, 0.3) is 16.2 Å². The molecule has 1 spiro atoms. The Morgan fingerprint density at radius 3 is 2.45 bits per heavy atom. The predicted octanol–water partition coefficient (Wildman–Crippen LogP) is 4.68. The fourth-order valence-corrected chi connectivity index (χ4v) is 6.01. The Kier molecular flexibility index (Phi) is 8.71. The highest BCUT2D eigenvalue weighted by Crippen LogP contribution is 2.36. The van der Waals surface area contributed by atoms with Crippen molar-refractivity contribution in [1.29, 1.82) is 0 Å². The Morgan fingerprint density at radius 2 is 1.85 bits per heavy atom. The lowest BCUT2D eigenvalue weighted by Crippen LogP contribution is -2.47. The summed E-state index contributed by atoms with van der Waals surface area (Å²) in [6.07, 6.45) is -1.15. The molecule has 2 N–H and O–H groups in total. The molecule has 1 aromatic heterocycles. The molecule has 0 atom stereocenters. The van der Waals surface area contributed by atoms with Gasteiger partial charge >= 0.3 is 12.3 Å². The van der Waals surface area contributed by atoms with Gasteiger partial charge < -0.3 is 25.0 Å². The zero-order valence-corrected chi connectivity index (χ0v) is 22.3. The minimum Gasteiger partial charge on any atom is -0.665 e. The van der Waals surface area contributed by atoms with E-state index in [1.807, 2.05) is 13.1 Å². The number of halogens is 3. The molecular weight excluding hydrogens is 553 g/mol. The molecule has 1 fully saturated rings. The third kappa shape index (κ3) is 6.92. The van der Waals surface area contributed by atoms with Gasteiger partial charge in [0.25, 0.3) is 0 Å². The number of oxime groups is 1. The molecule has 2 aliphatic rings. The summed E-state index contributed by atoms with van der Waals surface area (Å²) in [5, 5.41) is 17.9. The van der Waals surface area contributed by atoms with E-state index in [1.54, 1.807) is 0 Å². The molecule has 0 unspecified atom stereocenters. The Hall–Kier alpha value is -3.62. The van der Waals surface area contributed by atoms with Crippen molar-refractivity contribution in [3.8, 4) is 5.75 Å². The molecule has 216 valence electrons. The van der Waals surface area contributed by atoms with Gasteiger partial charge in [-0.15, -0.1) is 19.7 Å². The van der Waals surface area contributed by atoms with Crippen LogP contribution in [0.5, 0.6) is 5.75 Å². The van der Waals surface area contributed by atoms with Crippen LogP contribution in [0.2, 0.25) is 0 Å². The summed E-state index contributed by atoms with van der Waals surface area (Å²) in [5.41, 5.74) is 1.64. The maximum atomic E-state index is 12.7. The van der Waals surface area contributed by atoms with E-state index in [4.69, 9.17) is 9.94 Å². The lowest BCUT2D eigenvalue weighted by Gasteiger charge is -2.36. The first-order chi connectivity index (χ1) is 18.9. The maximum Gasteiger partial charge on any atom is 0.573 e. The van der Waals surface area contributed by atoms with E-state index in [9.17, 15) is 26.4 Å². The fraction of sp³-hybridized carbons (Fsp3) is 0.385. The van der Waals surface area contributed by atoms with Gasteiger partial charge in [-0.25, -0.2) is 13.2 Å². The molecule has 2 aromatic carbocycles. The number of piperidine rings is 1. The van der Waals surface area contributed by atoms with Crippen molar-refractivity contribution in [1.82, 2.24) is 9.29 Å². The molecule has 1 saturated heterocycles. The standard InChI is InChI=1S/C15H15F3N2O6S.C11H13N2/c16-15(17,18)25-10-1-3-11(4-2-10)27(23,24)20-7-5-14(6-8-20)9-12(13(21)22)19-26-14;1-12-7-6-9-8-13-11-5-3-2-4-10(9)11/h1-4H,5-9H2,(H,21,22);2-5,8,13H,6-7H2,1H3/q;-1. The van der Waals surface area contributed by atoms with Crippen LogP contribution in [0.15, 0.2) is 64.8 Å². The summed E-state index contributed by atoms with van der Waals surface area (Å²) >= 11 is 0. The summed E-state index contributed by atoms with van der Waals surface area (Å²) in [6, 6.07) is 12.3. The predicted molar refractivity (Wildman–Crippen MR) is 141 cm³/mol. The number of ether oxygens (including phenoxy) is 1. The van der Waals surface area contributed by atoms with Gasteiger partial charge in [0.15, 0.2) is 5.71 Å². The molecule has 2 aliphatic heterocycles. The number of rotatable bonds is 7. The van der Waals surface area contributed by atoms with Gasteiger partial charge in [-0.05, 0) is 42.3 Å². The van der Waals surface area contributed by atoms with Gasteiger partial charge in [0.1, 0.15) is 11.4 Å². The Bertz CT molecular complexity index is 1460. The third-order valence-corrected chi connectivity index (χ3v) is 8.61. The summed E-state index contributed by atoms with van der Waals surface area (Å²) < 4.78 is 66.8. The number of hydrogen-bond acceptors (Lipinski definition) is 6. The third-order valence-electron chi connectivity index (χ3n) is 6.69. The SMILES string of the molecule is C[N-]CCc1c[nH]c2ccccc12.O=C(O)C1=NOC2(CCN(S(=O)(=O)c3ccc(OC(F)(F)F)cc3)CC2)C1. The van der Waals surface area contributed by atoms with E-state index in [1.165, 1.54) is 20.8 Å². The number of aliphatic carboxylic acids is 1. The average Bonchev–Trinajstić information content (AvgIpc) is 3.52. The van der Waals surface area contributed by atoms with Gasteiger partial charge in [-0.3, -0.25) is 0 Å². The molecule has 0 radical (unpaired) electrons. The fourth-order valence-electron chi connectivity index (χ4n) is 4.57. The minimum atomic E-state index is -4.86. The Labute approximate surface area is 228 Å². The molecule has 5 rings (SSSR count). The van der Waals surface area contributed by atoms with E-state index in [0.29, 0.717) is 0 Å². The monoisotopic (exact) mass is 581 g/mol. The lowest BCUT2D eigenvalue weighted by molar-refractivity contribution is -0.274. The summed E-state index contributed by atoms with van der Waals surface area (Å²) in [6.45, 7) is 1.05. The zero-order chi connectivity index (χ0) is 29.0. The molecule has 40 heavy (non-hydrogen) atoms. The van der Waals surface area contributed by atoms with Crippen molar-refractivity contribution in [2.75, 3.05) is 26.7 Å². The zero-order valence-electron chi connectivity index (χ0n) is 21.5. The van der Waals surface area contributed by atoms with E-state index in [-0.39, 0.29) is 43.0 Å². The number of para-hydroxylation sites is 1. The minimum absolute atomic E-state index is 0.0750. The Balaban J connectivity index is 0.000000236. The number of nitrogens with one attached hydrogen (secondary N) is 1. The number of aromatic nitrogens is 1. The van der Waals surface area contributed by atoms with Crippen molar-refractivity contribution in [2.24, 2.45) is 5.16 Å². The van der Waals surface area contributed by atoms with Crippen molar-refractivity contribution in [2.45, 2.75) is 42.5 Å². The van der Waals surface area contributed by atoms with Crippen LogP contribution >= 0.6 is 0 Å². The van der Waals surface area contributed by atoms with Crippen LogP contribution in [-0.2, 0) is 26.1 Å². The van der Waals surface area contributed by atoms with Crippen molar-refractivity contribution in [3.05, 3.63) is 65.6 Å². The highest BCUT2D eigenvalue weighted by molar-refractivity contribution is 7.89. The number of aromatic amines is 1. The maximum absolute atomic E-state index is 12.7. The molecule has 0 aliphatic carbocycles. The van der Waals surface area contributed by atoms with Crippen LogP contribution in [0, 0.1) is 0 Å². The van der Waals surface area contributed by atoms with E-state index >= 15 is 0 Å². The normalized spacial score (nSPS) is 17.1. The first-order valence-corrected chi connectivity index (χ1v) is 13.8. The van der Waals surface area contributed by atoms with Crippen molar-refractivity contribution in [3.63, 3.8) is 0 Å². The number of carboxylic acid groups (broad SMARTS) is 1. The topological polar surface area (TPSA) is 135 Å². The number of nitrogens with zero attached hydrogens (tertiary/aromatic N) is 3. The second kappa shape index (κ2) is 11.9. The van der Waals surface area contributed by atoms with Gasteiger partial charge in [-0.1, -0.05) is 23.4 Å². The summed E-state index contributed by atoms with van der Waals surface area (Å²) in [4.78, 5) is 19.3. The van der Waals surface area contributed by atoms with Gasteiger partial charge in [0.05, 0.1) is 4.90 Å². The number of likely N-dealkylation sites (N-methyl/N-ethyl adjacent to an activating group) is 1. The second-order valence-electron chi connectivity index (χ2n) is 9.37. The highest BCUT2D eigenvalue weighted by atomic mass is 32.2. The van der Waals surface area contributed by atoms with Gasteiger partial charge in [0, 0.05) is 49.5 Å². The number of carbonyl (C=O) groups is 1. The lowest BCUT2D eigenvalue weighted by atomic mass is 9.88.